The molecule has 0 bridgehead atoms. The first-order valence-corrected chi connectivity index (χ1v) is 3.28. The van der Waals surface area contributed by atoms with Crippen molar-refractivity contribution in [3.8, 4) is 0 Å². The smallest absolute Gasteiger partial charge is 0.153 e. The van der Waals surface area contributed by atoms with Crippen LogP contribution in [-0.2, 0) is 0 Å². The molecule has 2 heterocycles. The molecule has 10 heavy (non-hydrogen) atoms. The van der Waals surface area contributed by atoms with Gasteiger partial charge in [0.25, 0.3) is 0 Å². The summed E-state index contributed by atoms with van der Waals surface area (Å²) < 4.78 is 1.97. The van der Waals surface area contributed by atoms with Gasteiger partial charge in [-0.15, -0.1) is 0 Å². The van der Waals surface area contributed by atoms with Crippen molar-refractivity contribution < 1.29 is 0 Å². The van der Waals surface area contributed by atoms with Crippen LogP contribution >= 0.6 is 0 Å². The molecule has 0 aliphatic rings. The summed E-state index contributed by atoms with van der Waals surface area (Å²) in [6.07, 6.45) is 1.88. The van der Waals surface area contributed by atoms with Crippen molar-refractivity contribution in [2.24, 2.45) is 0 Å². The standard InChI is InChI=1S/C7H9N3/c1-5-6(2)10-7(9-5)3-4-8-10/h3-4,8H,1-2H3. The van der Waals surface area contributed by atoms with Crippen molar-refractivity contribution in [2.45, 2.75) is 13.8 Å². The molecule has 0 fully saturated rings. The SMILES string of the molecule is Cc1nc2cc[nH]n2c1C. The quantitative estimate of drug-likeness (QED) is 0.580. The summed E-state index contributed by atoms with van der Waals surface area (Å²) in [6.45, 7) is 4.06. The first-order chi connectivity index (χ1) is 4.79. The number of nitrogens with zero attached hydrogens (tertiary/aromatic N) is 2. The van der Waals surface area contributed by atoms with E-state index in [-0.39, 0.29) is 0 Å². The molecule has 2 aromatic rings. The van der Waals surface area contributed by atoms with Crippen molar-refractivity contribution in [2.75, 3.05) is 0 Å². The van der Waals surface area contributed by atoms with Crippen LogP contribution in [0.1, 0.15) is 11.4 Å². The molecule has 0 aliphatic carbocycles. The topological polar surface area (TPSA) is 33.1 Å². The van der Waals surface area contributed by atoms with Gasteiger partial charge in [-0.2, -0.15) is 0 Å². The number of aromatic nitrogens is 3. The minimum Gasteiger partial charge on any atom is -0.300 e. The average molecular weight is 135 g/mol. The van der Waals surface area contributed by atoms with Crippen molar-refractivity contribution in [1.29, 1.82) is 0 Å². The van der Waals surface area contributed by atoms with Gasteiger partial charge in [0.2, 0.25) is 0 Å². The van der Waals surface area contributed by atoms with Gasteiger partial charge in [0.15, 0.2) is 5.65 Å². The minimum absolute atomic E-state index is 0.995. The van der Waals surface area contributed by atoms with E-state index < -0.39 is 0 Å². The lowest BCUT2D eigenvalue weighted by Gasteiger charge is -1.87. The maximum absolute atomic E-state index is 4.30. The predicted molar refractivity (Wildman–Crippen MR) is 39.0 cm³/mol. The second-order valence-corrected chi connectivity index (χ2v) is 2.44. The van der Waals surface area contributed by atoms with E-state index in [1.165, 1.54) is 5.69 Å². The Morgan fingerprint density at radius 1 is 1.50 bits per heavy atom. The van der Waals surface area contributed by atoms with Crippen molar-refractivity contribution in [1.82, 2.24) is 14.6 Å². The average Bonchev–Trinajstić information content (AvgIpc) is 2.41. The zero-order valence-corrected chi connectivity index (χ0v) is 6.05. The van der Waals surface area contributed by atoms with Crippen LogP contribution in [0, 0.1) is 13.8 Å². The monoisotopic (exact) mass is 135 g/mol. The largest absolute Gasteiger partial charge is 0.300 e. The van der Waals surface area contributed by atoms with Crippen LogP contribution in [0.15, 0.2) is 12.3 Å². The van der Waals surface area contributed by atoms with E-state index in [2.05, 4.69) is 10.1 Å². The second kappa shape index (κ2) is 1.62. The summed E-state index contributed by atoms with van der Waals surface area (Å²) >= 11 is 0. The van der Waals surface area contributed by atoms with Crippen molar-refractivity contribution >= 4 is 5.65 Å². The van der Waals surface area contributed by atoms with Gasteiger partial charge in [-0.25, -0.2) is 9.50 Å². The van der Waals surface area contributed by atoms with E-state index in [4.69, 9.17) is 0 Å². The number of rotatable bonds is 0. The second-order valence-electron chi connectivity index (χ2n) is 2.44. The van der Waals surface area contributed by atoms with E-state index in [0.717, 1.165) is 11.3 Å². The van der Waals surface area contributed by atoms with Crippen LogP contribution in [0.5, 0.6) is 0 Å². The Bertz CT molecular complexity index is 356. The van der Waals surface area contributed by atoms with Gasteiger partial charge >= 0.3 is 0 Å². The summed E-state index contributed by atoms with van der Waals surface area (Å²) in [5.41, 5.74) is 3.27. The zero-order valence-electron chi connectivity index (χ0n) is 6.05. The van der Waals surface area contributed by atoms with E-state index in [1.54, 1.807) is 0 Å². The Balaban J connectivity index is 2.95. The molecule has 0 atom stereocenters. The third-order valence-electron chi connectivity index (χ3n) is 1.81. The first-order valence-electron chi connectivity index (χ1n) is 3.28. The summed E-state index contributed by atoms with van der Waals surface area (Å²) in [7, 11) is 0. The highest BCUT2D eigenvalue weighted by molar-refractivity contribution is 5.40. The summed E-state index contributed by atoms with van der Waals surface area (Å²) in [5.74, 6) is 0. The normalized spacial score (nSPS) is 11.0. The third kappa shape index (κ3) is 0.518. The number of aryl methyl sites for hydroxylation is 2. The Labute approximate surface area is 58.7 Å². The number of hydrogen-bond donors (Lipinski definition) is 1. The van der Waals surface area contributed by atoms with Crippen LogP contribution < -0.4 is 0 Å². The predicted octanol–water partition coefficient (Wildman–Crippen LogP) is 1.28. The lowest BCUT2D eigenvalue weighted by atomic mass is 10.4. The molecule has 3 nitrogen and oxygen atoms in total. The summed E-state index contributed by atoms with van der Waals surface area (Å²) in [5, 5.41) is 3.06. The van der Waals surface area contributed by atoms with Crippen molar-refractivity contribution in [3.05, 3.63) is 23.7 Å². The molecule has 0 saturated carbocycles. The lowest BCUT2D eigenvalue weighted by molar-refractivity contribution is 0.924. The molecule has 1 N–H and O–H groups in total. The number of fused-ring (bicyclic) bond motifs is 1. The van der Waals surface area contributed by atoms with Gasteiger partial charge in [0.1, 0.15) is 0 Å². The van der Waals surface area contributed by atoms with Crippen LogP contribution in [0.4, 0.5) is 0 Å². The Kier molecular flexibility index (Phi) is 0.897. The highest BCUT2D eigenvalue weighted by Crippen LogP contribution is 2.07. The number of nitrogens with one attached hydrogen (secondary N) is 1. The molecule has 2 aromatic heterocycles. The van der Waals surface area contributed by atoms with Crippen molar-refractivity contribution in [3.63, 3.8) is 0 Å². The fourth-order valence-electron chi connectivity index (χ4n) is 1.10. The first kappa shape index (κ1) is 5.53. The van der Waals surface area contributed by atoms with E-state index in [9.17, 15) is 0 Å². The highest BCUT2D eigenvalue weighted by Gasteiger charge is 2.02. The molecule has 0 aliphatic heterocycles. The van der Waals surface area contributed by atoms with Crippen LogP contribution in [0.3, 0.4) is 0 Å². The molecule has 0 unspecified atom stereocenters. The molecule has 0 amide bonds. The molecule has 0 aromatic carbocycles. The number of hydrogen-bond acceptors (Lipinski definition) is 1. The maximum atomic E-state index is 4.30. The maximum Gasteiger partial charge on any atom is 0.153 e. The van der Waals surface area contributed by atoms with Gasteiger partial charge in [0, 0.05) is 12.3 Å². The Hall–Kier alpha value is -1.25. The molecule has 0 spiro atoms. The van der Waals surface area contributed by atoms with E-state index in [1.807, 2.05) is 30.6 Å². The number of aromatic amines is 1. The Morgan fingerprint density at radius 2 is 2.30 bits per heavy atom. The summed E-state index contributed by atoms with van der Waals surface area (Å²) in [4.78, 5) is 4.30. The molecule has 3 heteroatoms. The van der Waals surface area contributed by atoms with E-state index in [0.29, 0.717) is 0 Å². The molecule has 2 rings (SSSR count). The minimum atomic E-state index is 0.995. The molecule has 0 saturated heterocycles. The number of H-pyrrole nitrogens is 1. The number of imidazole rings is 1. The third-order valence-corrected chi connectivity index (χ3v) is 1.81. The van der Waals surface area contributed by atoms with Crippen LogP contribution in [0.2, 0.25) is 0 Å². The summed E-state index contributed by atoms with van der Waals surface area (Å²) in [6, 6.07) is 1.96. The van der Waals surface area contributed by atoms with Gasteiger partial charge < -0.3 is 0 Å². The molecule has 52 valence electrons. The fraction of sp³-hybridized carbons (Fsp3) is 0.286. The molecular weight excluding hydrogens is 126 g/mol. The zero-order chi connectivity index (χ0) is 7.14. The molecule has 0 radical (unpaired) electrons. The highest BCUT2D eigenvalue weighted by atomic mass is 15.3. The van der Waals surface area contributed by atoms with Crippen LogP contribution in [-0.4, -0.2) is 14.6 Å². The Morgan fingerprint density at radius 3 is 3.00 bits per heavy atom. The lowest BCUT2D eigenvalue weighted by Crippen LogP contribution is -1.85. The van der Waals surface area contributed by atoms with Gasteiger partial charge in [-0.05, 0) is 13.8 Å². The van der Waals surface area contributed by atoms with Gasteiger partial charge in [-0.3, -0.25) is 5.10 Å². The van der Waals surface area contributed by atoms with Gasteiger partial charge in [0.05, 0.1) is 11.4 Å². The molecular formula is C7H9N3. The fourth-order valence-corrected chi connectivity index (χ4v) is 1.10. The van der Waals surface area contributed by atoms with E-state index >= 15 is 0 Å². The van der Waals surface area contributed by atoms with Gasteiger partial charge in [-0.1, -0.05) is 0 Å². The van der Waals surface area contributed by atoms with Crippen LogP contribution in [0.25, 0.3) is 5.65 Å².